The Morgan fingerprint density at radius 1 is 1.18 bits per heavy atom. The fourth-order valence-electron chi connectivity index (χ4n) is 1.82. The van der Waals surface area contributed by atoms with Gasteiger partial charge in [-0.3, -0.25) is 4.79 Å². The lowest BCUT2D eigenvalue weighted by Gasteiger charge is -1.96. The first kappa shape index (κ1) is 10.4. The summed E-state index contributed by atoms with van der Waals surface area (Å²) in [5.74, 6) is 0. The highest BCUT2D eigenvalue weighted by Crippen LogP contribution is 2.22. The molecule has 1 N–H and O–H groups in total. The molecule has 0 aliphatic heterocycles. The number of pyridine rings is 1. The SMILES string of the molecule is O=c1ccn2cc(-c3cccc(Br)c3)[nH]c2c1. The highest BCUT2D eigenvalue weighted by Gasteiger charge is 2.02. The van der Waals surface area contributed by atoms with E-state index in [0.717, 1.165) is 21.4 Å². The van der Waals surface area contributed by atoms with Crippen LogP contribution in [0.4, 0.5) is 0 Å². The number of imidazole rings is 1. The minimum Gasteiger partial charge on any atom is -0.340 e. The number of nitrogens with one attached hydrogen (secondary N) is 1. The molecule has 0 saturated heterocycles. The maximum Gasteiger partial charge on any atom is 0.183 e. The second-order valence-electron chi connectivity index (χ2n) is 3.83. The molecule has 0 unspecified atom stereocenters. The molecule has 0 aliphatic carbocycles. The second-order valence-corrected chi connectivity index (χ2v) is 4.75. The average molecular weight is 289 g/mol. The molecule has 1 aromatic carbocycles. The first-order valence-electron chi connectivity index (χ1n) is 5.19. The van der Waals surface area contributed by atoms with Crippen LogP contribution in [0.2, 0.25) is 0 Å². The molecule has 0 saturated carbocycles. The smallest absolute Gasteiger partial charge is 0.183 e. The van der Waals surface area contributed by atoms with Crippen LogP contribution in [0.25, 0.3) is 16.9 Å². The van der Waals surface area contributed by atoms with Gasteiger partial charge in [0.25, 0.3) is 0 Å². The number of H-pyrrole nitrogens is 1. The van der Waals surface area contributed by atoms with Crippen LogP contribution in [0, 0.1) is 0 Å². The van der Waals surface area contributed by atoms with Crippen LogP contribution in [0.15, 0.2) is 58.1 Å². The van der Waals surface area contributed by atoms with Gasteiger partial charge in [0.15, 0.2) is 5.43 Å². The normalized spacial score (nSPS) is 10.9. The molecule has 4 heteroatoms. The number of nitrogens with zero attached hydrogens (tertiary/aromatic N) is 1. The van der Waals surface area contributed by atoms with E-state index < -0.39 is 0 Å². The standard InChI is InChI=1S/C13H9BrN2O/c14-10-3-1-2-9(6-10)12-8-16-5-4-11(17)7-13(16)15-12/h1-8,15H. The van der Waals surface area contributed by atoms with E-state index in [-0.39, 0.29) is 5.43 Å². The van der Waals surface area contributed by atoms with Crippen molar-refractivity contribution in [3.63, 3.8) is 0 Å². The van der Waals surface area contributed by atoms with Crippen molar-refractivity contribution in [2.24, 2.45) is 0 Å². The molecule has 0 atom stereocenters. The van der Waals surface area contributed by atoms with Crippen molar-refractivity contribution in [2.75, 3.05) is 0 Å². The highest BCUT2D eigenvalue weighted by atomic mass is 79.9. The second kappa shape index (κ2) is 3.89. The van der Waals surface area contributed by atoms with Gasteiger partial charge in [-0.2, -0.15) is 0 Å². The zero-order chi connectivity index (χ0) is 11.8. The number of hydrogen-bond donors (Lipinski definition) is 1. The summed E-state index contributed by atoms with van der Waals surface area (Å²) in [4.78, 5) is 14.5. The number of halogens is 1. The lowest BCUT2D eigenvalue weighted by molar-refractivity contribution is 1.18. The van der Waals surface area contributed by atoms with E-state index in [1.807, 2.05) is 34.9 Å². The Balaban J connectivity index is 2.21. The highest BCUT2D eigenvalue weighted by molar-refractivity contribution is 9.10. The Labute approximate surface area is 106 Å². The van der Waals surface area contributed by atoms with E-state index in [2.05, 4.69) is 20.9 Å². The molecule has 3 rings (SSSR count). The summed E-state index contributed by atoms with van der Waals surface area (Å²) in [7, 11) is 0. The molecular weight excluding hydrogens is 280 g/mol. The predicted octanol–water partition coefficient (Wildman–Crippen LogP) is 3.06. The summed E-state index contributed by atoms with van der Waals surface area (Å²) in [5, 5.41) is 0. The molecule has 0 radical (unpaired) electrons. The molecule has 0 bridgehead atoms. The van der Waals surface area contributed by atoms with Gasteiger partial charge in [-0.1, -0.05) is 28.1 Å². The van der Waals surface area contributed by atoms with Gasteiger partial charge in [0.2, 0.25) is 0 Å². The topological polar surface area (TPSA) is 37.3 Å². The van der Waals surface area contributed by atoms with Crippen molar-refractivity contribution in [1.82, 2.24) is 9.38 Å². The van der Waals surface area contributed by atoms with Gasteiger partial charge in [-0.15, -0.1) is 0 Å². The third kappa shape index (κ3) is 1.91. The van der Waals surface area contributed by atoms with E-state index in [1.54, 1.807) is 18.3 Å². The Kier molecular flexibility index (Phi) is 2.37. The zero-order valence-corrected chi connectivity index (χ0v) is 10.4. The largest absolute Gasteiger partial charge is 0.340 e. The number of fused-ring (bicyclic) bond motifs is 1. The van der Waals surface area contributed by atoms with E-state index in [1.165, 1.54) is 0 Å². The molecule has 17 heavy (non-hydrogen) atoms. The summed E-state index contributed by atoms with van der Waals surface area (Å²) in [6.45, 7) is 0. The number of hydrogen-bond acceptors (Lipinski definition) is 1. The number of benzene rings is 1. The predicted molar refractivity (Wildman–Crippen MR) is 71.2 cm³/mol. The summed E-state index contributed by atoms with van der Waals surface area (Å²) < 4.78 is 2.93. The molecule has 2 aromatic heterocycles. The maximum absolute atomic E-state index is 11.2. The van der Waals surface area contributed by atoms with Crippen LogP contribution in [-0.2, 0) is 0 Å². The number of aromatic nitrogens is 2. The molecular formula is C13H9BrN2O. The minimum absolute atomic E-state index is 0.00708. The molecule has 3 nitrogen and oxygen atoms in total. The fourth-order valence-corrected chi connectivity index (χ4v) is 2.22. The Hall–Kier alpha value is -1.81. The van der Waals surface area contributed by atoms with Crippen LogP contribution in [0.1, 0.15) is 0 Å². The maximum atomic E-state index is 11.2. The van der Waals surface area contributed by atoms with Crippen LogP contribution >= 0.6 is 15.9 Å². The summed E-state index contributed by atoms with van der Waals surface area (Å²) in [5.41, 5.74) is 2.87. The molecule has 2 heterocycles. The van der Waals surface area contributed by atoms with E-state index in [9.17, 15) is 4.79 Å². The van der Waals surface area contributed by atoms with Crippen LogP contribution in [0.3, 0.4) is 0 Å². The monoisotopic (exact) mass is 288 g/mol. The molecule has 0 aliphatic rings. The summed E-state index contributed by atoms with van der Waals surface area (Å²) >= 11 is 3.44. The molecule has 0 fully saturated rings. The fraction of sp³-hybridized carbons (Fsp3) is 0. The van der Waals surface area contributed by atoms with Gasteiger partial charge in [0, 0.05) is 34.6 Å². The third-order valence-electron chi connectivity index (χ3n) is 2.62. The third-order valence-corrected chi connectivity index (χ3v) is 3.12. The van der Waals surface area contributed by atoms with E-state index >= 15 is 0 Å². The number of rotatable bonds is 1. The number of aromatic amines is 1. The first-order chi connectivity index (χ1) is 8.22. The van der Waals surface area contributed by atoms with Gasteiger partial charge in [0.1, 0.15) is 5.65 Å². The molecule has 3 aromatic rings. The first-order valence-corrected chi connectivity index (χ1v) is 5.99. The lowest BCUT2D eigenvalue weighted by atomic mass is 10.2. The van der Waals surface area contributed by atoms with Crippen molar-refractivity contribution < 1.29 is 0 Å². The van der Waals surface area contributed by atoms with Crippen LogP contribution in [0.5, 0.6) is 0 Å². The van der Waals surface area contributed by atoms with Crippen LogP contribution < -0.4 is 5.43 Å². The van der Waals surface area contributed by atoms with Crippen molar-refractivity contribution in [2.45, 2.75) is 0 Å². The van der Waals surface area contributed by atoms with Gasteiger partial charge in [-0.05, 0) is 12.1 Å². The van der Waals surface area contributed by atoms with Gasteiger partial charge < -0.3 is 9.38 Å². The van der Waals surface area contributed by atoms with Crippen molar-refractivity contribution >= 4 is 21.6 Å². The molecule has 0 amide bonds. The Morgan fingerprint density at radius 2 is 2.06 bits per heavy atom. The van der Waals surface area contributed by atoms with Crippen LogP contribution in [-0.4, -0.2) is 9.38 Å². The Morgan fingerprint density at radius 3 is 2.88 bits per heavy atom. The Bertz CT molecular complexity index is 742. The molecule has 84 valence electrons. The molecule has 0 spiro atoms. The van der Waals surface area contributed by atoms with Gasteiger partial charge >= 0.3 is 0 Å². The average Bonchev–Trinajstić information content (AvgIpc) is 2.72. The minimum atomic E-state index is 0.00708. The van der Waals surface area contributed by atoms with E-state index in [4.69, 9.17) is 0 Å². The van der Waals surface area contributed by atoms with Crippen molar-refractivity contribution in [1.29, 1.82) is 0 Å². The van der Waals surface area contributed by atoms with Crippen molar-refractivity contribution in [3.8, 4) is 11.3 Å². The lowest BCUT2D eigenvalue weighted by Crippen LogP contribution is -1.97. The summed E-state index contributed by atoms with van der Waals surface area (Å²) in [6, 6.07) is 11.1. The van der Waals surface area contributed by atoms with Gasteiger partial charge in [0.05, 0.1) is 5.69 Å². The van der Waals surface area contributed by atoms with E-state index in [0.29, 0.717) is 0 Å². The quantitative estimate of drug-likeness (QED) is 0.734. The van der Waals surface area contributed by atoms with Gasteiger partial charge in [-0.25, -0.2) is 0 Å². The summed E-state index contributed by atoms with van der Waals surface area (Å²) in [6.07, 6.45) is 3.73. The zero-order valence-electron chi connectivity index (χ0n) is 8.85. The van der Waals surface area contributed by atoms with Crippen molar-refractivity contribution in [3.05, 3.63) is 63.5 Å².